The molecule has 0 unspecified atom stereocenters. The Balaban J connectivity index is 1.78. The molecule has 0 saturated heterocycles. The van der Waals surface area contributed by atoms with Crippen molar-refractivity contribution < 1.29 is 9.84 Å². The van der Waals surface area contributed by atoms with Gasteiger partial charge in [0.2, 0.25) is 0 Å². The monoisotopic (exact) mass is 466 g/mol. The second kappa shape index (κ2) is 8.74. The van der Waals surface area contributed by atoms with Crippen LogP contribution in [0.15, 0.2) is 60.7 Å². The lowest BCUT2D eigenvalue weighted by atomic mass is 10.1. The highest BCUT2D eigenvalue weighted by atomic mass is 35.5. The summed E-state index contributed by atoms with van der Waals surface area (Å²) in [5.74, 6) is 0.879. The maximum Gasteiger partial charge on any atom is 0.119 e. The summed E-state index contributed by atoms with van der Waals surface area (Å²) in [6, 6.07) is 20.0. The van der Waals surface area contributed by atoms with E-state index in [2.05, 4.69) is 31.2 Å². The number of thiophene rings is 1. The number of ether oxygens (including phenoxy) is 1. The van der Waals surface area contributed by atoms with Crippen LogP contribution in [0.5, 0.6) is 5.75 Å². The maximum atomic E-state index is 10.6. The normalized spacial score (nSPS) is 11.9. The fourth-order valence-electron chi connectivity index (χ4n) is 3.54. The van der Waals surface area contributed by atoms with E-state index in [0.717, 1.165) is 32.4 Å². The summed E-state index contributed by atoms with van der Waals surface area (Å²) >= 11 is 8.17. The summed E-state index contributed by atoms with van der Waals surface area (Å²) in [6.07, 6.45) is 0.142. The first-order chi connectivity index (χ1) is 15.1. The standard InChI is InChI=1S/C26H27ClN2O2S/c1-16(2)31-18-10-11-19(17(3)14-18)23-12-13-24(32-23)22-15-25(26(4,5)30)28-29(22)21-9-7-6-8-20(21)27/h6-16,30H,1-5H3. The molecule has 0 amide bonds. The van der Waals surface area contributed by atoms with Gasteiger partial charge in [0.25, 0.3) is 0 Å². The fraction of sp³-hybridized carbons (Fsp3) is 0.269. The smallest absolute Gasteiger partial charge is 0.119 e. The van der Waals surface area contributed by atoms with Crippen LogP contribution in [0.25, 0.3) is 26.7 Å². The quantitative estimate of drug-likeness (QED) is 0.325. The molecule has 2 heterocycles. The first-order valence-corrected chi connectivity index (χ1v) is 11.8. The van der Waals surface area contributed by atoms with Gasteiger partial charge >= 0.3 is 0 Å². The topological polar surface area (TPSA) is 47.3 Å². The molecule has 0 fully saturated rings. The molecule has 0 atom stereocenters. The number of hydrogen-bond donors (Lipinski definition) is 1. The number of aliphatic hydroxyl groups is 1. The van der Waals surface area contributed by atoms with Crippen LogP contribution in [0, 0.1) is 6.92 Å². The van der Waals surface area contributed by atoms with E-state index in [-0.39, 0.29) is 6.10 Å². The van der Waals surface area contributed by atoms with Crippen LogP contribution in [-0.2, 0) is 5.60 Å². The van der Waals surface area contributed by atoms with Crippen molar-refractivity contribution in [3.05, 3.63) is 76.9 Å². The lowest BCUT2D eigenvalue weighted by Gasteiger charge is -2.13. The zero-order chi connectivity index (χ0) is 23.0. The summed E-state index contributed by atoms with van der Waals surface area (Å²) < 4.78 is 7.64. The van der Waals surface area contributed by atoms with Crippen LogP contribution in [0.1, 0.15) is 39.0 Å². The second-order valence-electron chi connectivity index (χ2n) is 8.64. The van der Waals surface area contributed by atoms with Crippen LogP contribution >= 0.6 is 22.9 Å². The molecule has 0 spiro atoms. The fourth-order valence-corrected chi connectivity index (χ4v) is 4.85. The number of aromatic nitrogens is 2. The Bertz CT molecular complexity index is 1250. The van der Waals surface area contributed by atoms with Crippen molar-refractivity contribution in [3.8, 4) is 32.4 Å². The Kier molecular flexibility index (Phi) is 6.17. The number of hydrogen-bond acceptors (Lipinski definition) is 4. The molecule has 4 nitrogen and oxygen atoms in total. The van der Waals surface area contributed by atoms with E-state index < -0.39 is 5.60 Å². The summed E-state index contributed by atoms with van der Waals surface area (Å²) in [6.45, 7) is 9.63. The Morgan fingerprint density at radius 2 is 1.75 bits per heavy atom. The largest absolute Gasteiger partial charge is 0.491 e. The number of rotatable bonds is 6. The van der Waals surface area contributed by atoms with E-state index in [9.17, 15) is 5.11 Å². The Morgan fingerprint density at radius 1 is 1.03 bits per heavy atom. The van der Waals surface area contributed by atoms with Gasteiger partial charge in [-0.1, -0.05) is 23.7 Å². The van der Waals surface area contributed by atoms with Gasteiger partial charge in [0, 0.05) is 4.88 Å². The molecule has 2 aromatic heterocycles. The minimum atomic E-state index is -1.07. The highest BCUT2D eigenvalue weighted by Crippen LogP contribution is 2.39. The van der Waals surface area contributed by atoms with E-state index in [1.807, 2.05) is 54.9 Å². The predicted molar refractivity (Wildman–Crippen MR) is 133 cm³/mol. The highest BCUT2D eigenvalue weighted by molar-refractivity contribution is 7.18. The molecule has 166 valence electrons. The summed E-state index contributed by atoms with van der Waals surface area (Å²) in [5, 5.41) is 15.9. The average molecular weight is 467 g/mol. The zero-order valence-corrected chi connectivity index (χ0v) is 20.5. The van der Waals surface area contributed by atoms with Gasteiger partial charge in [0.05, 0.1) is 33.1 Å². The first kappa shape index (κ1) is 22.6. The molecule has 0 aliphatic rings. The molecule has 0 saturated carbocycles. The lowest BCUT2D eigenvalue weighted by molar-refractivity contribution is 0.0734. The number of halogens is 1. The van der Waals surface area contributed by atoms with Crippen molar-refractivity contribution in [2.75, 3.05) is 0 Å². The molecule has 0 radical (unpaired) electrons. The van der Waals surface area contributed by atoms with Gasteiger partial charge in [-0.25, -0.2) is 4.68 Å². The maximum absolute atomic E-state index is 10.6. The predicted octanol–water partition coefficient (Wildman–Crippen LogP) is 7.24. The van der Waals surface area contributed by atoms with Crippen molar-refractivity contribution in [2.24, 2.45) is 0 Å². The number of benzene rings is 2. The Morgan fingerprint density at radius 3 is 2.41 bits per heavy atom. The highest BCUT2D eigenvalue weighted by Gasteiger charge is 2.24. The molecule has 1 N–H and O–H groups in total. The second-order valence-corrected chi connectivity index (χ2v) is 10.1. The van der Waals surface area contributed by atoms with Crippen LogP contribution < -0.4 is 4.74 Å². The van der Waals surface area contributed by atoms with Crippen molar-refractivity contribution >= 4 is 22.9 Å². The minimum Gasteiger partial charge on any atom is -0.491 e. The molecule has 0 aliphatic carbocycles. The van der Waals surface area contributed by atoms with Crippen LogP contribution in [0.2, 0.25) is 5.02 Å². The van der Waals surface area contributed by atoms with Gasteiger partial charge in [0.1, 0.15) is 11.4 Å². The van der Waals surface area contributed by atoms with Gasteiger partial charge in [-0.2, -0.15) is 5.10 Å². The minimum absolute atomic E-state index is 0.142. The van der Waals surface area contributed by atoms with Crippen molar-refractivity contribution in [1.29, 1.82) is 0 Å². The van der Waals surface area contributed by atoms with E-state index in [4.69, 9.17) is 21.4 Å². The Labute approximate surface area is 198 Å². The van der Waals surface area contributed by atoms with Crippen molar-refractivity contribution in [2.45, 2.75) is 46.3 Å². The zero-order valence-electron chi connectivity index (χ0n) is 18.9. The summed E-state index contributed by atoms with van der Waals surface area (Å²) in [4.78, 5) is 2.20. The Hall–Kier alpha value is -2.60. The summed E-state index contributed by atoms with van der Waals surface area (Å²) in [7, 11) is 0. The van der Waals surface area contributed by atoms with E-state index in [1.54, 1.807) is 25.2 Å². The van der Waals surface area contributed by atoms with Gasteiger partial charge in [-0.05, 0) is 94.3 Å². The number of nitrogens with zero attached hydrogens (tertiary/aromatic N) is 2. The third-order valence-corrected chi connectivity index (χ3v) is 6.57. The number of aryl methyl sites for hydroxylation is 1. The SMILES string of the molecule is Cc1cc(OC(C)C)ccc1-c1ccc(-c2cc(C(C)(C)O)nn2-c2ccccc2Cl)s1. The third-order valence-electron chi connectivity index (χ3n) is 5.11. The van der Waals surface area contributed by atoms with Crippen LogP contribution in [-0.4, -0.2) is 21.0 Å². The number of para-hydroxylation sites is 1. The van der Waals surface area contributed by atoms with E-state index in [0.29, 0.717) is 10.7 Å². The average Bonchev–Trinajstić information content (AvgIpc) is 3.35. The van der Waals surface area contributed by atoms with Crippen molar-refractivity contribution in [1.82, 2.24) is 9.78 Å². The third kappa shape index (κ3) is 4.60. The van der Waals surface area contributed by atoms with Crippen LogP contribution in [0.3, 0.4) is 0 Å². The van der Waals surface area contributed by atoms with Gasteiger partial charge in [0.15, 0.2) is 0 Å². The molecule has 6 heteroatoms. The molecule has 0 bridgehead atoms. The van der Waals surface area contributed by atoms with Crippen LogP contribution in [0.4, 0.5) is 0 Å². The van der Waals surface area contributed by atoms with Gasteiger partial charge in [-0.3, -0.25) is 0 Å². The molecule has 2 aromatic carbocycles. The van der Waals surface area contributed by atoms with Gasteiger partial charge in [-0.15, -0.1) is 11.3 Å². The summed E-state index contributed by atoms with van der Waals surface area (Å²) in [5.41, 5.74) is 3.53. The van der Waals surface area contributed by atoms with Gasteiger partial charge < -0.3 is 9.84 Å². The molecule has 4 aromatic rings. The first-order valence-electron chi connectivity index (χ1n) is 10.6. The molecular weight excluding hydrogens is 440 g/mol. The van der Waals surface area contributed by atoms with Crippen molar-refractivity contribution in [3.63, 3.8) is 0 Å². The molecule has 32 heavy (non-hydrogen) atoms. The molecule has 4 rings (SSSR count). The molecular formula is C26H27ClN2O2S. The van der Waals surface area contributed by atoms with E-state index >= 15 is 0 Å². The molecule has 0 aliphatic heterocycles. The van der Waals surface area contributed by atoms with E-state index in [1.165, 1.54) is 5.56 Å². The lowest BCUT2D eigenvalue weighted by Crippen LogP contribution is -2.16.